The zero-order valence-electron chi connectivity index (χ0n) is 9.37. The van der Waals surface area contributed by atoms with Crippen molar-refractivity contribution in [3.63, 3.8) is 0 Å². The average molecular weight is 286 g/mol. The number of aryl methyl sites for hydroxylation is 1. The first-order valence-corrected chi connectivity index (χ1v) is 7.35. The molecular formula is C9H10N4O3S2. The molecule has 0 unspecified atom stereocenters. The summed E-state index contributed by atoms with van der Waals surface area (Å²) in [6.07, 6.45) is 3.17. The molecule has 18 heavy (non-hydrogen) atoms. The number of rotatable bonds is 4. The van der Waals surface area contributed by atoms with Crippen molar-refractivity contribution in [2.75, 3.05) is 4.72 Å². The molecule has 7 nitrogen and oxygen atoms in total. The van der Waals surface area contributed by atoms with Gasteiger partial charge in [-0.05, 0) is 6.42 Å². The number of pyridine rings is 1. The fourth-order valence-corrected chi connectivity index (χ4v) is 3.18. The van der Waals surface area contributed by atoms with E-state index in [0.717, 1.165) is 28.6 Å². The van der Waals surface area contributed by atoms with Crippen LogP contribution in [-0.4, -0.2) is 23.6 Å². The van der Waals surface area contributed by atoms with E-state index in [-0.39, 0.29) is 10.0 Å². The Labute approximate surface area is 107 Å². The minimum Gasteiger partial charge on any atom is -0.366 e. The molecule has 9 heteroatoms. The van der Waals surface area contributed by atoms with Crippen LogP contribution in [0.5, 0.6) is 0 Å². The van der Waals surface area contributed by atoms with Gasteiger partial charge >= 0.3 is 0 Å². The summed E-state index contributed by atoms with van der Waals surface area (Å²) < 4.78 is 26.1. The number of anilines is 1. The Kier molecular flexibility index (Phi) is 3.43. The quantitative estimate of drug-likeness (QED) is 0.855. The predicted octanol–water partition coefficient (Wildman–Crippen LogP) is 0.590. The minimum absolute atomic E-state index is 0.148. The average Bonchev–Trinajstić information content (AvgIpc) is 2.76. The van der Waals surface area contributed by atoms with Gasteiger partial charge in [0.25, 0.3) is 10.0 Å². The molecular weight excluding hydrogens is 276 g/mol. The van der Waals surface area contributed by atoms with Gasteiger partial charge in [-0.3, -0.25) is 9.52 Å². The topological polar surface area (TPSA) is 105 Å². The van der Waals surface area contributed by atoms with Crippen molar-refractivity contribution in [2.45, 2.75) is 18.2 Å². The van der Waals surface area contributed by atoms with Crippen LogP contribution in [-0.2, 0) is 16.4 Å². The second-order valence-corrected chi connectivity index (χ2v) is 6.05. The van der Waals surface area contributed by atoms with E-state index in [2.05, 4.69) is 19.9 Å². The maximum atomic E-state index is 11.9. The highest BCUT2D eigenvalue weighted by Gasteiger charge is 2.19. The van der Waals surface area contributed by atoms with E-state index in [1.54, 1.807) is 0 Å². The number of aromatic amines is 1. The fraction of sp³-hybridized carbons (Fsp3) is 0.222. The van der Waals surface area contributed by atoms with Crippen LogP contribution in [0.2, 0.25) is 0 Å². The van der Waals surface area contributed by atoms with E-state index in [0.29, 0.717) is 6.42 Å². The number of H-pyrrole nitrogens is 1. The summed E-state index contributed by atoms with van der Waals surface area (Å²) in [6, 6.07) is 1.14. The van der Waals surface area contributed by atoms with Crippen molar-refractivity contribution < 1.29 is 8.42 Å². The second-order valence-electron chi connectivity index (χ2n) is 3.33. The lowest BCUT2D eigenvalue weighted by Gasteiger charge is -2.02. The molecule has 0 spiro atoms. The maximum absolute atomic E-state index is 11.9. The van der Waals surface area contributed by atoms with Gasteiger partial charge in [0.1, 0.15) is 5.01 Å². The number of hydrogen-bond donors (Lipinski definition) is 2. The third-order valence-electron chi connectivity index (χ3n) is 2.07. The highest BCUT2D eigenvalue weighted by Crippen LogP contribution is 2.18. The summed E-state index contributed by atoms with van der Waals surface area (Å²) in [5.74, 6) is 0. The Balaban J connectivity index is 2.33. The van der Waals surface area contributed by atoms with Gasteiger partial charge in [0.15, 0.2) is 4.90 Å². The van der Waals surface area contributed by atoms with E-state index in [1.165, 1.54) is 6.20 Å². The smallest absolute Gasteiger partial charge is 0.269 e. The van der Waals surface area contributed by atoms with Crippen molar-refractivity contribution >= 4 is 26.5 Å². The zero-order valence-corrected chi connectivity index (χ0v) is 11.0. The van der Waals surface area contributed by atoms with Crippen LogP contribution in [0.15, 0.2) is 28.2 Å². The van der Waals surface area contributed by atoms with Gasteiger partial charge in [-0.1, -0.05) is 18.3 Å². The summed E-state index contributed by atoms with van der Waals surface area (Å²) in [5.41, 5.74) is -0.582. The molecule has 0 aliphatic carbocycles. The monoisotopic (exact) mass is 286 g/mol. The molecule has 0 atom stereocenters. The van der Waals surface area contributed by atoms with Crippen LogP contribution >= 0.6 is 11.3 Å². The van der Waals surface area contributed by atoms with E-state index in [1.807, 2.05) is 6.92 Å². The van der Waals surface area contributed by atoms with E-state index < -0.39 is 15.5 Å². The van der Waals surface area contributed by atoms with Gasteiger partial charge in [-0.2, -0.15) is 0 Å². The first-order valence-electron chi connectivity index (χ1n) is 5.05. The molecule has 0 saturated heterocycles. The first kappa shape index (κ1) is 12.7. The fourth-order valence-electron chi connectivity index (χ4n) is 1.22. The van der Waals surface area contributed by atoms with E-state index >= 15 is 0 Å². The molecule has 2 aromatic heterocycles. The van der Waals surface area contributed by atoms with Crippen molar-refractivity contribution in [3.05, 3.63) is 33.7 Å². The van der Waals surface area contributed by atoms with Crippen LogP contribution in [0.25, 0.3) is 0 Å². The normalized spacial score (nSPS) is 11.4. The summed E-state index contributed by atoms with van der Waals surface area (Å²) >= 11 is 1.14. The number of aromatic nitrogens is 3. The molecule has 0 fully saturated rings. The standard InChI is InChI=1S/C9H10N4O3S2/c1-2-8-11-12-9(17-8)13-18(15,16)7-5-10-4-3-6(7)14/h3-5H,2H2,1H3,(H,10,14)(H,12,13). The van der Waals surface area contributed by atoms with Gasteiger partial charge in [0.05, 0.1) is 0 Å². The summed E-state index contributed by atoms with van der Waals surface area (Å²) in [4.78, 5) is 13.7. The van der Waals surface area contributed by atoms with Gasteiger partial charge < -0.3 is 4.98 Å². The number of nitrogens with one attached hydrogen (secondary N) is 2. The van der Waals surface area contributed by atoms with Crippen LogP contribution < -0.4 is 10.2 Å². The van der Waals surface area contributed by atoms with Crippen LogP contribution in [0.3, 0.4) is 0 Å². The highest BCUT2D eigenvalue weighted by molar-refractivity contribution is 7.92. The summed E-state index contributed by atoms with van der Waals surface area (Å²) in [7, 11) is -3.92. The maximum Gasteiger partial charge on any atom is 0.269 e. The Morgan fingerprint density at radius 2 is 2.22 bits per heavy atom. The first-order chi connectivity index (χ1) is 8.53. The molecule has 0 aromatic carbocycles. The van der Waals surface area contributed by atoms with Crippen LogP contribution in [0, 0.1) is 0 Å². The van der Waals surface area contributed by atoms with E-state index in [4.69, 9.17) is 0 Å². The van der Waals surface area contributed by atoms with E-state index in [9.17, 15) is 13.2 Å². The van der Waals surface area contributed by atoms with Crippen molar-refractivity contribution in [1.82, 2.24) is 15.2 Å². The van der Waals surface area contributed by atoms with Gasteiger partial charge in [0.2, 0.25) is 10.6 Å². The molecule has 0 aliphatic heterocycles. The zero-order chi connectivity index (χ0) is 13.2. The molecule has 2 heterocycles. The Morgan fingerprint density at radius 1 is 1.44 bits per heavy atom. The second kappa shape index (κ2) is 4.86. The van der Waals surface area contributed by atoms with Crippen molar-refractivity contribution in [3.8, 4) is 0 Å². The van der Waals surface area contributed by atoms with Gasteiger partial charge in [0, 0.05) is 18.5 Å². The molecule has 0 radical (unpaired) electrons. The highest BCUT2D eigenvalue weighted by atomic mass is 32.2. The lowest BCUT2D eigenvalue weighted by molar-refractivity contribution is 0.600. The molecule has 96 valence electrons. The Morgan fingerprint density at radius 3 is 2.83 bits per heavy atom. The third kappa shape index (κ3) is 2.57. The Bertz CT molecular complexity index is 704. The largest absolute Gasteiger partial charge is 0.366 e. The van der Waals surface area contributed by atoms with Crippen molar-refractivity contribution in [1.29, 1.82) is 0 Å². The molecule has 0 amide bonds. The molecule has 0 aliphatic rings. The molecule has 2 N–H and O–H groups in total. The van der Waals surface area contributed by atoms with Crippen LogP contribution in [0.1, 0.15) is 11.9 Å². The summed E-state index contributed by atoms with van der Waals surface area (Å²) in [6.45, 7) is 1.89. The third-order valence-corrected chi connectivity index (χ3v) is 4.54. The SMILES string of the molecule is CCc1nnc(NS(=O)(=O)c2c[nH]ccc2=O)s1. The van der Waals surface area contributed by atoms with Crippen molar-refractivity contribution in [2.24, 2.45) is 0 Å². The molecule has 2 rings (SSSR count). The van der Waals surface area contributed by atoms with Gasteiger partial charge in [-0.15, -0.1) is 10.2 Å². The van der Waals surface area contributed by atoms with Gasteiger partial charge in [-0.25, -0.2) is 8.42 Å². The number of hydrogen-bond acceptors (Lipinski definition) is 6. The number of nitrogens with zero attached hydrogens (tertiary/aromatic N) is 2. The lowest BCUT2D eigenvalue weighted by atomic mass is 10.5. The number of sulfonamides is 1. The Hall–Kier alpha value is -1.74. The predicted molar refractivity (Wildman–Crippen MR) is 67.2 cm³/mol. The molecule has 2 aromatic rings. The molecule has 0 bridgehead atoms. The molecule has 0 saturated carbocycles. The lowest BCUT2D eigenvalue weighted by Crippen LogP contribution is -2.20. The minimum atomic E-state index is -3.92. The van der Waals surface area contributed by atoms with Crippen LogP contribution in [0.4, 0.5) is 5.13 Å². The summed E-state index contributed by atoms with van der Waals surface area (Å²) in [5, 5.41) is 8.35.